The van der Waals surface area contributed by atoms with Crippen LogP contribution in [0.2, 0.25) is 0 Å². The fourth-order valence-electron chi connectivity index (χ4n) is 3.42. The smallest absolute Gasteiger partial charge is 0.0753 e. The number of benzene rings is 1. The predicted molar refractivity (Wildman–Crippen MR) is 89.6 cm³/mol. The molecule has 0 spiro atoms. The van der Waals surface area contributed by atoms with E-state index in [4.69, 9.17) is 4.74 Å². The first kappa shape index (κ1) is 16.5. The largest absolute Gasteiger partial charge is 0.377 e. The molecule has 1 aliphatic carbocycles. The van der Waals surface area contributed by atoms with Gasteiger partial charge in [-0.2, -0.15) is 0 Å². The van der Waals surface area contributed by atoms with E-state index in [1.165, 1.54) is 18.4 Å². The molecule has 0 bridgehead atoms. The zero-order chi connectivity index (χ0) is 15.2. The van der Waals surface area contributed by atoms with Gasteiger partial charge in [-0.05, 0) is 49.6 Å². The summed E-state index contributed by atoms with van der Waals surface area (Å²) in [6, 6.07) is 11.4. The number of hydrogen-bond acceptors (Lipinski definition) is 2. The van der Waals surface area contributed by atoms with Gasteiger partial charge in [0, 0.05) is 12.6 Å². The summed E-state index contributed by atoms with van der Waals surface area (Å²) >= 11 is 0. The van der Waals surface area contributed by atoms with E-state index in [-0.39, 0.29) is 0 Å². The second kappa shape index (κ2) is 7.95. The van der Waals surface area contributed by atoms with E-state index in [9.17, 15) is 0 Å². The highest BCUT2D eigenvalue weighted by molar-refractivity contribution is 5.27. The fourth-order valence-corrected chi connectivity index (χ4v) is 3.42. The van der Waals surface area contributed by atoms with Crippen molar-refractivity contribution in [3.05, 3.63) is 35.9 Å². The minimum atomic E-state index is 0.320. The Labute approximate surface area is 130 Å². The van der Waals surface area contributed by atoms with Crippen molar-refractivity contribution in [1.29, 1.82) is 0 Å². The van der Waals surface area contributed by atoms with E-state index in [0.29, 0.717) is 24.0 Å². The molecule has 1 saturated carbocycles. The Morgan fingerprint density at radius 3 is 2.48 bits per heavy atom. The summed E-state index contributed by atoms with van der Waals surface area (Å²) in [6.45, 7) is 10.8. The van der Waals surface area contributed by atoms with E-state index in [1.54, 1.807) is 0 Å². The van der Waals surface area contributed by atoms with Gasteiger partial charge in [-0.3, -0.25) is 0 Å². The highest BCUT2D eigenvalue weighted by atomic mass is 16.5. The Bertz CT molecular complexity index is 403. The lowest BCUT2D eigenvalue weighted by atomic mass is 9.93. The molecule has 1 fully saturated rings. The van der Waals surface area contributed by atoms with Gasteiger partial charge in [-0.15, -0.1) is 0 Å². The van der Waals surface area contributed by atoms with E-state index in [0.717, 1.165) is 19.1 Å². The van der Waals surface area contributed by atoms with E-state index < -0.39 is 0 Å². The van der Waals surface area contributed by atoms with Crippen LogP contribution in [0.5, 0.6) is 0 Å². The average molecular weight is 289 g/mol. The molecule has 0 saturated heterocycles. The third kappa shape index (κ3) is 4.31. The van der Waals surface area contributed by atoms with Crippen molar-refractivity contribution in [2.45, 2.75) is 58.6 Å². The third-order valence-electron chi connectivity index (χ3n) is 4.53. The second-order valence-corrected chi connectivity index (χ2v) is 6.56. The van der Waals surface area contributed by atoms with Crippen LogP contribution >= 0.6 is 0 Å². The summed E-state index contributed by atoms with van der Waals surface area (Å²) in [5.74, 6) is 1.98. The fraction of sp³-hybridized carbons (Fsp3) is 0.684. The van der Waals surface area contributed by atoms with Gasteiger partial charge in [-0.1, -0.05) is 51.1 Å². The monoisotopic (exact) mass is 289 g/mol. The van der Waals surface area contributed by atoms with Gasteiger partial charge in [0.1, 0.15) is 0 Å². The van der Waals surface area contributed by atoms with Gasteiger partial charge in [0.25, 0.3) is 0 Å². The Morgan fingerprint density at radius 1 is 1.19 bits per heavy atom. The SMILES string of the molecule is CCCNC(C1CC1c1ccccc1)C(OCC)C(C)C. The van der Waals surface area contributed by atoms with Gasteiger partial charge >= 0.3 is 0 Å². The van der Waals surface area contributed by atoms with Crippen LogP contribution in [0.4, 0.5) is 0 Å². The molecule has 4 unspecified atom stereocenters. The summed E-state index contributed by atoms with van der Waals surface area (Å²) in [5.41, 5.74) is 1.49. The van der Waals surface area contributed by atoms with Crippen LogP contribution in [0, 0.1) is 11.8 Å². The number of ether oxygens (including phenoxy) is 1. The number of hydrogen-bond donors (Lipinski definition) is 1. The van der Waals surface area contributed by atoms with Gasteiger partial charge in [0.2, 0.25) is 0 Å². The van der Waals surface area contributed by atoms with Gasteiger partial charge < -0.3 is 10.1 Å². The topological polar surface area (TPSA) is 21.3 Å². The van der Waals surface area contributed by atoms with Gasteiger partial charge in [0.15, 0.2) is 0 Å². The van der Waals surface area contributed by atoms with Crippen molar-refractivity contribution < 1.29 is 4.74 Å². The van der Waals surface area contributed by atoms with Crippen LogP contribution < -0.4 is 5.32 Å². The van der Waals surface area contributed by atoms with Crippen molar-refractivity contribution in [2.24, 2.45) is 11.8 Å². The maximum absolute atomic E-state index is 6.09. The lowest BCUT2D eigenvalue weighted by Crippen LogP contribution is -2.46. The lowest BCUT2D eigenvalue weighted by molar-refractivity contribution is -0.00245. The molecule has 21 heavy (non-hydrogen) atoms. The Hall–Kier alpha value is -0.860. The maximum atomic E-state index is 6.09. The van der Waals surface area contributed by atoms with E-state index >= 15 is 0 Å². The van der Waals surface area contributed by atoms with E-state index in [1.807, 2.05) is 0 Å². The van der Waals surface area contributed by atoms with Crippen LogP contribution in [0.15, 0.2) is 30.3 Å². The lowest BCUT2D eigenvalue weighted by Gasteiger charge is -2.31. The van der Waals surface area contributed by atoms with Crippen LogP contribution in [0.3, 0.4) is 0 Å². The van der Waals surface area contributed by atoms with Crippen molar-refractivity contribution in [1.82, 2.24) is 5.32 Å². The molecule has 1 aliphatic rings. The van der Waals surface area contributed by atoms with Crippen LogP contribution in [-0.2, 0) is 4.74 Å². The molecule has 118 valence electrons. The molecule has 2 rings (SSSR count). The Kier molecular flexibility index (Phi) is 6.25. The number of rotatable bonds is 9. The molecule has 1 aromatic carbocycles. The predicted octanol–water partition coefficient (Wildman–Crippen LogP) is 4.22. The van der Waals surface area contributed by atoms with Crippen LogP contribution in [-0.4, -0.2) is 25.3 Å². The summed E-state index contributed by atoms with van der Waals surface area (Å²) in [7, 11) is 0. The molecular formula is C19H31NO. The molecule has 0 heterocycles. The first-order valence-corrected chi connectivity index (χ1v) is 8.58. The maximum Gasteiger partial charge on any atom is 0.0753 e. The Balaban J connectivity index is 2.06. The van der Waals surface area contributed by atoms with Gasteiger partial charge in [-0.25, -0.2) is 0 Å². The standard InChI is InChI=1S/C19H31NO/c1-5-12-20-18(19(14(3)4)21-6-2)17-13-16(17)15-10-8-7-9-11-15/h7-11,14,16-20H,5-6,12-13H2,1-4H3. The third-order valence-corrected chi connectivity index (χ3v) is 4.53. The molecule has 0 aliphatic heterocycles. The van der Waals surface area contributed by atoms with Crippen molar-refractivity contribution in [3.8, 4) is 0 Å². The van der Waals surface area contributed by atoms with Crippen LogP contribution in [0.1, 0.15) is 52.0 Å². The molecule has 0 radical (unpaired) electrons. The molecule has 0 aromatic heterocycles. The van der Waals surface area contributed by atoms with Crippen molar-refractivity contribution >= 4 is 0 Å². The normalized spacial score (nSPS) is 24.0. The first-order chi connectivity index (χ1) is 10.2. The first-order valence-electron chi connectivity index (χ1n) is 8.58. The summed E-state index contributed by atoms with van der Waals surface area (Å²) in [5, 5.41) is 3.77. The highest BCUT2D eigenvalue weighted by Crippen LogP contribution is 2.50. The highest BCUT2D eigenvalue weighted by Gasteiger charge is 2.47. The molecule has 4 atom stereocenters. The van der Waals surface area contributed by atoms with Crippen molar-refractivity contribution in [3.63, 3.8) is 0 Å². The van der Waals surface area contributed by atoms with Crippen LogP contribution in [0.25, 0.3) is 0 Å². The quantitative estimate of drug-likeness (QED) is 0.735. The summed E-state index contributed by atoms with van der Waals surface area (Å²) < 4.78 is 6.09. The van der Waals surface area contributed by atoms with E-state index in [2.05, 4.69) is 63.3 Å². The zero-order valence-corrected chi connectivity index (χ0v) is 14.0. The molecular weight excluding hydrogens is 258 g/mol. The minimum Gasteiger partial charge on any atom is -0.377 e. The van der Waals surface area contributed by atoms with Gasteiger partial charge in [0.05, 0.1) is 6.10 Å². The minimum absolute atomic E-state index is 0.320. The summed E-state index contributed by atoms with van der Waals surface area (Å²) in [4.78, 5) is 0. The Morgan fingerprint density at radius 2 is 1.90 bits per heavy atom. The average Bonchev–Trinajstić information content (AvgIpc) is 3.27. The molecule has 1 aromatic rings. The number of nitrogens with one attached hydrogen (secondary N) is 1. The zero-order valence-electron chi connectivity index (χ0n) is 14.0. The molecule has 2 nitrogen and oxygen atoms in total. The molecule has 0 amide bonds. The summed E-state index contributed by atoms with van der Waals surface area (Å²) in [6.07, 6.45) is 2.79. The second-order valence-electron chi connectivity index (χ2n) is 6.56. The molecule has 2 heteroatoms. The van der Waals surface area contributed by atoms with Crippen molar-refractivity contribution in [2.75, 3.05) is 13.2 Å². The molecule has 1 N–H and O–H groups in total.